The van der Waals surface area contributed by atoms with Gasteiger partial charge < -0.3 is 4.74 Å². The normalized spacial score (nSPS) is 12.9. The lowest BCUT2D eigenvalue weighted by molar-refractivity contribution is 0.199. The molecule has 0 radical (unpaired) electrons. The number of sulfone groups is 1. The fraction of sp³-hybridized carbons (Fsp3) is 0.462. The molecule has 0 aliphatic carbocycles. The van der Waals surface area contributed by atoms with E-state index in [-0.39, 0.29) is 12.2 Å². The number of ether oxygens (including phenoxy) is 1. The van der Waals surface area contributed by atoms with Gasteiger partial charge in [-0.25, -0.2) is 8.42 Å². The van der Waals surface area contributed by atoms with Crippen LogP contribution in [0.1, 0.15) is 23.7 Å². The third kappa shape index (κ3) is 4.13. The molecule has 0 N–H and O–H groups in total. The maximum Gasteiger partial charge on any atom is 0.158 e. The van der Waals surface area contributed by atoms with E-state index in [1.165, 1.54) is 7.11 Å². The van der Waals surface area contributed by atoms with Gasteiger partial charge in [-0.05, 0) is 12.0 Å². The number of rotatable bonds is 7. The average molecular weight is 267 g/mol. The third-order valence-corrected chi connectivity index (χ3v) is 4.82. The Morgan fingerprint density at radius 1 is 1.33 bits per heavy atom. The van der Waals surface area contributed by atoms with Crippen LogP contribution < -0.4 is 0 Å². The molecule has 5 heteroatoms. The van der Waals surface area contributed by atoms with Gasteiger partial charge in [-0.2, -0.15) is 5.26 Å². The minimum Gasteiger partial charge on any atom is -0.385 e. The molecule has 0 bridgehead atoms. The predicted octanol–water partition coefficient (Wildman–Crippen LogP) is 2.09. The Balaban J connectivity index is 2.88. The summed E-state index contributed by atoms with van der Waals surface area (Å²) in [6, 6.07) is 10.8. The molecule has 0 amide bonds. The molecule has 0 saturated carbocycles. The number of methoxy groups -OCH3 is 1. The molecule has 1 aromatic carbocycles. The van der Waals surface area contributed by atoms with Gasteiger partial charge in [0.25, 0.3) is 0 Å². The number of hydrogen-bond donors (Lipinski definition) is 0. The van der Waals surface area contributed by atoms with Crippen LogP contribution in [0.5, 0.6) is 0 Å². The molecule has 0 heterocycles. The lowest BCUT2D eigenvalue weighted by Gasteiger charge is -2.15. The first-order chi connectivity index (χ1) is 8.61. The zero-order chi connectivity index (χ0) is 13.4. The van der Waals surface area contributed by atoms with Crippen molar-refractivity contribution in [1.29, 1.82) is 5.26 Å². The molecule has 0 spiro atoms. The van der Waals surface area contributed by atoms with Crippen LogP contribution in [-0.2, 0) is 14.6 Å². The van der Waals surface area contributed by atoms with E-state index >= 15 is 0 Å². The highest BCUT2D eigenvalue weighted by Crippen LogP contribution is 2.26. The second-order valence-electron chi connectivity index (χ2n) is 3.97. The highest BCUT2D eigenvalue weighted by Gasteiger charge is 2.26. The van der Waals surface area contributed by atoms with Gasteiger partial charge in [0.05, 0.1) is 23.5 Å². The van der Waals surface area contributed by atoms with Crippen LogP contribution in [0.2, 0.25) is 0 Å². The minimum absolute atomic E-state index is 0.0146. The van der Waals surface area contributed by atoms with Crippen LogP contribution in [0, 0.1) is 11.3 Å². The van der Waals surface area contributed by atoms with Crippen LogP contribution in [0.15, 0.2) is 30.3 Å². The van der Waals surface area contributed by atoms with Gasteiger partial charge >= 0.3 is 0 Å². The number of nitriles is 1. The predicted molar refractivity (Wildman–Crippen MR) is 69.7 cm³/mol. The lowest BCUT2D eigenvalue weighted by atomic mass is 10.1. The van der Waals surface area contributed by atoms with E-state index in [1.807, 2.05) is 12.1 Å². The average Bonchev–Trinajstić information content (AvgIpc) is 2.37. The lowest BCUT2D eigenvalue weighted by Crippen LogP contribution is -2.17. The zero-order valence-corrected chi connectivity index (χ0v) is 11.2. The molecule has 0 aliphatic rings. The van der Waals surface area contributed by atoms with E-state index < -0.39 is 15.1 Å². The highest BCUT2D eigenvalue weighted by atomic mass is 32.2. The van der Waals surface area contributed by atoms with Crippen LogP contribution in [0.3, 0.4) is 0 Å². The van der Waals surface area contributed by atoms with Crippen LogP contribution in [0.4, 0.5) is 0 Å². The summed E-state index contributed by atoms with van der Waals surface area (Å²) in [6.07, 6.45) is 0.437. The second-order valence-corrected chi connectivity index (χ2v) is 6.28. The molecule has 98 valence electrons. The Kier molecular flexibility index (Phi) is 5.83. The maximum atomic E-state index is 12.2. The first-order valence-electron chi connectivity index (χ1n) is 5.74. The minimum atomic E-state index is -3.31. The SMILES string of the molecule is COCCCS(=O)(=O)C(CC#N)c1ccccc1. The first-order valence-corrected chi connectivity index (χ1v) is 7.45. The monoisotopic (exact) mass is 267 g/mol. The number of nitrogens with zero attached hydrogens (tertiary/aromatic N) is 1. The van der Waals surface area contributed by atoms with Gasteiger partial charge in [0.2, 0.25) is 0 Å². The Morgan fingerprint density at radius 2 is 2.00 bits per heavy atom. The maximum absolute atomic E-state index is 12.2. The molecule has 1 atom stereocenters. The van der Waals surface area contributed by atoms with Gasteiger partial charge in [0, 0.05) is 13.7 Å². The summed E-state index contributed by atoms with van der Waals surface area (Å²) < 4.78 is 29.2. The summed E-state index contributed by atoms with van der Waals surface area (Å²) >= 11 is 0. The Hall–Kier alpha value is -1.38. The summed E-state index contributed by atoms with van der Waals surface area (Å²) in [6.45, 7) is 0.410. The van der Waals surface area contributed by atoms with Crippen molar-refractivity contribution >= 4 is 9.84 Å². The highest BCUT2D eigenvalue weighted by molar-refractivity contribution is 7.91. The molecular formula is C13H17NO3S. The molecule has 1 aromatic rings. The molecule has 0 aliphatic heterocycles. The van der Waals surface area contributed by atoms with Crippen molar-refractivity contribution in [1.82, 2.24) is 0 Å². The van der Waals surface area contributed by atoms with Gasteiger partial charge in [-0.3, -0.25) is 0 Å². The van der Waals surface area contributed by atoms with Gasteiger partial charge in [-0.15, -0.1) is 0 Å². The molecule has 18 heavy (non-hydrogen) atoms. The molecular weight excluding hydrogens is 250 g/mol. The number of hydrogen-bond acceptors (Lipinski definition) is 4. The van der Waals surface area contributed by atoms with Crippen molar-refractivity contribution in [2.24, 2.45) is 0 Å². The van der Waals surface area contributed by atoms with Gasteiger partial charge in [0.1, 0.15) is 0 Å². The summed E-state index contributed by atoms with van der Waals surface area (Å²) in [7, 11) is -1.77. The van der Waals surface area contributed by atoms with E-state index in [1.54, 1.807) is 24.3 Å². The second kappa shape index (κ2) is 7.14. The Morgan fingerprint density at radius 3 is 2.56 bits per heavy atom. The van der Waals surface area contributed by atoms with E-state index in [0.717, 1.165) is 0 Å². The molecule has 0 saturated heterocycles. The summed E-state index contributed by atoms with van der Waals surface area (Å²) in [5.41, 5.74) is 0.677. The van der Waals surface area contributed by atoms with E-state index in [9.17, 15) is 8.42 Å². The van der Waals surface area contributed by atoms with Gasteiger partial charge in [-0.1, -0.05) is 30.3 Å². The van der Waals surface area contributed by atoms with Crippen molar-refractivity contribution in [3.63, 3.8) is 0 Å². The summed E-state index contributed by atoms with van der Waals surface area (Å²) in [4.78, 5) is 0. The topological polar surface area (TPSA) is 67.2 Å². The smallest absolute Gasteiger partial charge is 0.158 e. The first kappa shape index (κ1) is 14.7. The van der Waals surface area contributed by atoms with Crippen LogP contribution in [-0.4, -0.2) is 27.9 Å². The van der Waals surface area contributed by atoms with Crippen molar-refractivity contribution in [2.75, 3.05) is 19.5 Å². The molecule has 1 rings (SSSR count). The van der Waals surface area contributed by atoms with E-state index in [0.29, 0.717) is 18.6 Å². The Labute approximate surface area is 108 Å². The summed E-state index contributed by atoms with van der Waals surface area (Å²) in [5.74, 6) is 0.0437. The van der Waals surface area contributed by atoms with Crippen molar-refractivity contribution in [3.8, 4) is 6.07 Å². The summed E-state index contributed by atoms with van der Waals surface area (Å²) in [5, 5.41) is 8.06. The fourth-order valence-corrected chi connectivity index (χ4v) is 3.45. The molecule has 1 unspecified atom stereocenters. The third-order valence-electron chi connectivity index (χ3n) is 2.66. The van der Waals surface area contributed by atoms with Gasteiger partial charge in [0.15, 0.2) is 9.84 Å². The standard InChI is InChI=1S/C13H17NO3S/c1-17-10-5-11-18(15,16)13(8-9-14)12-6-3-2-4-7-12/h2-4,6-7,13H,5,8,10-11H2,1H3. The Bertz CT molecular complexity index is 491. The van der Waals surface area contributed by atoms with Crippen molar-refractivity contribution in [2.45, 2.75) is 18.1 Å². The molecule has 4 nitrogen and oxygen atoms in total. The van der Waals surface area contributed by atoms with E-state index in [4.69, 9.17) is 10.00 Å². The fourth-order valence-electron chi connectivity index (χ4n) is 1.75. The van der Waals surface area contributed by atoms with Crippen LogP contribution in [0.25, 0.3) is 0 Å². The molecule has 0 fully saturated rings. The van der Waals surface area contributed by atoms with E-state index in [2.05, 4.69) is 0 Å². The number of benzene rings is 1. The van der Waals surface area contributed by atoms with Crippen molar-refractivity contribution in [3.05, 3.63) is 35.9 Å². The van der Waals surface area contributed by atoms with Crippen molar-refractivity contribution < 1.29 is 13.2 Å². The molecule has 0 aromatic heterocycles. The largest absolute Gasteiger partial charge is 0.385 e. The van der Waals surface area contributed by atoms with Crippen LogP contribution >= 0.6 is 0 Å². The zero-order valence-electron chi connectivity index (χ0n) is 10.4. The quantitative estimate of drug-likeness (QED) is 0.709.